The Kier molecular flexibility index (Phi) is 4.60. The summed E-state index contributed by atoms with van der Waals surface area (Å²) in [5.41, 5.74) is 1.26. The van der Waals surface area contributed by atoms with Gasteiger partial charge in [0.2, 0.25) is 0 Å². The van der Waals surface area contributed by atoms with Gasteiger partial charge >= 0.3 is 0 Å². The number of nitrogens with one attached hydrogen (secondary N) is 1. The Morgan fingerprint density at radius 3 is 2.80 bits per heavy atom. The molecule has 7 heteroatoms. The molecule has 2 heterocycles. The van der Waals surface area contributed by atoms with Crippen LogP contribution in [0.1, 0.15) is 36.7 Å². The fourth-order valence-corrected chi connectivity index (χ4v) is 3.55. The summed E-state index contributed by atoms with van der Waals surface area (Å²) in [6.45, 7) is 6.86. The molecule has 0 unspecified atom stereocenters. The van der Waals surface area contributed by atoms with Crippen LogP contribution in [0, 0.1) is 0 Å². The van der Waals surface area contributed by atoms with Gasteiger partial charge in [0, 0.05) is 18.5 Å². The Balaban J connectivity index is 1.95. The van der Waals surface area contributed by atoms with Crippen molar-refractivity contribution in [2.45, 2.75) is 37.9 Å². The first-order chi connectivity index (χ1) is 11.8. The van der Waals surface area contributed by atoms with Crippen LogP contribution in [0.15, 0.2) is 34.3 Å². The average molecular weight is 359 g/mol. The molecule has 0 aliphatic carbocycles. The molecule has 1 aromatic heterocycles. The first kappa shape index (κ1) is 17.5. The van der Waals surface area contributed by atoms with Crippen molar-refractivity contribution < 1.29 is 9.53 Å². The second kappa shape index (κ2) is 6.55. The van der Waals surface area contributed by atoms with Gasteiger partial charge in [-0.2, -0.15) is 0 Å². The van der Waals surface area contributed by atoms with E-state index >= 15 is 0 Å². The maximum Gasteiger partial charge on any atom is 0.267 e. The summed E-state index contributed by atoms with van der Waals surface area (Å²) in [5.74, 6) is 0.870. The third-order valence-electron chi connectivity index (χ3n) is 4.11. The molecular weight excluding hydrogens is 338 g/mol. The summed E-state index contributed by atoms with van der Waals surface area (Å²) in [5, 5.41) is 3.46. The SMILES string of the molecule is COc1ccc(C(C)(C)C)cc1NC(=O)c1cnc2n(c1=O)CCS2. The van der Waals surface area contributed by atoms with E-state index in [-0.39, 0.29) is 16.5 Å². The number of amides is 1. The lowest BCUT2D eigenvalue weighted by Crippen LogP contribution is -2.29. The molecule has 1 aliphatic heterocycles. The Labute approximate surface area is 150 Å². The van der Waals surface area contributed by atoms with Gasteiger partial charge in [-0.25, -0.2) is 4.98 Å². The van der Waals surface area contributed by atoms with Gasteiger partial charge < -0.3 is 10.1 Å². The highest BCUT2D eigenvalue weighted by Crippen LogP contribution is 2.31. The minimum atomic E-state index is -0.478. The molecule has 1 aliphatic rings. The van der Waals surface area contributed by atoms with Crippen molar-refractivity contribution in [3.8, 4) is 5.75 Å². The number of ether oxygens (including phenoxy) is 1. The molecule has 1 aromatic carbocycles. The number of nitrogens with zero attached hydrogens (tertiary/aromatic N) is 2. The summed E-state index contributed by atoms with van der Waals surface area (Å²) in [6.07, 6.45) is 1.35. The number of carbonyl (C=O) groups is 1. The molecule has 0 spiro atoms. The molecule has 2 aromatic rings. The Morgan fingerprint density at radius 1 is 1.36 bits per heavy atom. The van der Waals surface area contributed by atoms with Crippen LogP contribution in [0.3, 0.4) is 0 Å². The third kappa shape index (κ3) is 3.42. The third-order valence-corrected chi connectivity index (χ3v) is 5.09. The molecule has 0 bridgehead atoms. The quantitative estimate of drug-likeness (QED) is 0.853. The fraction of sp³-hybridized carbons (Fsp3) is 0.389. The van der Waals surface area contributed by atoms with Gasteiger partial charge in [0.1, 0.15) is 11.3 Å². The first-order valence-electron chi connectivity index (χ1n) is 8.04. The minimum Gasteiger partial charge on any atom is -0.495 e. The zero-order valence-electron chi connectivity index (χ0n) is 14.8. The second-order valence-electron chi connectivity index (χ2n) is 6.88. The Bertz CT molecular complexity index is 884. The number of rotatable bonds is 3. The van der Waals surface area contributed by atoms with Crippen LogP contribution in [0.5, 0.6) is 5.75 Å². The normalized spacial score (nSPS) is 13.4. The molecule has 25 heavy (non-hydrogen) atoms. The average Bonchev–Trinajstić information content (AvgIpc) is 3.03. The molecule has 0 radical (unpaired) electrons. The van der Waals surface area contributed by atoms with Gasteiger partial charge in [0.15, 0.2) is 5.16 Å². The summed E-state index contributed by atoms with van der Waals surface area (Å²) in [4.78, 5) is 29.3. The highest BCUT2D eigenvalue weighted by molar-refractivity contribution is 7.99. The van der Waals surface area contributed by atoms with Crippen LogP contribution >= 0.6 is 11.8 Å². The van der Waals surface area contributed by atoms with E-state index in [0.717, 1.165) is 11.3 Å². The molecule has 0 saturated heterocycles. The predicted molar refractivity (Wildman–Crippen MR) is 98.9 cm³/mol. The van der Waals surface area contributed by atoms with Crippen molar-refractivity contribution in [2.24, 2.45) is 0 Å². The summed E-state index contributed by atoms with van der Waals surface area (Å²) in [7, 11) is 1.55. The van der Waals surface area contributed by atoms with E-state index in [1.807, 2.05) is 18.2 Å². The maximum absolute atomic E-state index is 12.6. The van der Waals surface area contributed by atoms with Crippen molar-refractivity contribution in [1.82, 2.24) is 9.55 Å². The summed E-state index contributed by atoms with van der Waals surface area (Å²) < 4.78 is 6.88. The van der Waals surface area contributed by atoms with E-state index in [1.54, 1.807) is 11.7 Å². The minimum absolute atomic E-state index is 0.0365. The lowest BCUT2D eigenvalue weighted by Gasteiger charge is -2.21. The van der Waals surface area contributed by atoms with Crippen LogP contribution in [0.25, 0.3) is 0 Å². The van der Waals surface area contributed by atoms with Gasteiger partial charge in [-0.3, -0.25) is 14.2 Å². The van der Waals surface area contributed by atoms with Crippen molar-refractivity contribution in [3.05, 3.63) is 45.9 Å². The number of carbonyl (C=O) groups excluding carboxylic acids is 1. The molecule has 1 amide bonds. The smallest absolute Gasteiger partial charge is 0.267 e. The number of anilines is 1. The van der Waals surface area contributed by atoms with Crippen LogP contribution in [-0.4, -0.2) is 28.3 Å². The van der Waals surface area contributed by atoms with E-state index in [9.17, 15) is 9.59 Å². The molecule has 0 saturated carbocycles. The van der Waals surface area contributed by atoms with E-state index in [4.69, 9.17) is 4.74 Å². The van der Waals surface area contributed by atoms with Gasteiger partial charge in [-0.1, -0.05) is 38.6 Å². The zero-order chi connectivity index (χ0) is 18.2. The van der Waals surface area contributed by atoms with E-state index in [1.165, 1.54) is 18.0 Å². The number of benzene rings is 1. The van der Waals surface area contributed by atoms with Crippen LogP contribution in [-0.2, 0) is 12.0 Å². The topological polar surface area (TPSA) is 73.2 Å². The molecular formula is C18H21N3O3S. The van der Waals surface area contributed by atoms with Crippen molar-refractivity contribution in [3.63, 3.8) is 0 Å². The van der Waals surface area contributed by atoms with Gasteiger partial charge in [0.25, 0.3) is 11.5 Å². The lowest BCUT2D eigenvalue weighted by atomic mass is 9.87. The zero-order valence-corrected chi connectivity index (χ0v) is 15.6. The van der Waals surface area contributed by atoms with Crippen molar-refractivity contribution in [1.29, 1.82) is 0 Å². The summed E-state index contributed by atoms with van der Waals surface area (Å²) >= 11 is 1.52. The first-order valence-corrected chi connectivity index (χ1v) is 9.02. The highest BCUT2D eigenvalue weighted by Gasteiger charge is 2.22. The summed E-state index contributed by atoms with van der Waals surface area (Å²) in [6, 6.07) is 5.67. The van der Waals surface area contributed by atoms with Gasteiger partial charge in [-0.15, -0.1) is 0 Å². The number of thioether (sulfide) groups is 1. The molecule has 132 valence electrons. The monoisotopic (exact) mass is 359 g/mol. The molecule has 6 nitrogen and oxygen atoms in total. The fourth-order valence-electron chi connectivity index (χ4n) is 2.64. The second-order valence-corrected chi connectivity index (χ2v) is 7.94. The molecule has 0 atom stereocenters. The number of hydrogen-bond acceptors (Lipinski definition) is 5. The van der Waals surface area contributed by atoms with Crippen LogP contribution in [0.2, 0.25) is 0 Å². The van der Waals surface area contributed by atoms with E-state index in [2.05, 4.69) is 31.1 Å². The number of fused-ring (bicyclic) bond motifs is 1. The number of aromatic nitrogens is 2. The predicted octanol–water partition coefficient (Wildman–Crippen LogP) is 2.91. The van der Waals surface area contributed by atoms with Crippen LogP contribution < -0.4 is 15.6 Å². The Hall–Kier alpha value is -2.28. The standard InChI is InChI=1S/C18H21N3O3S/c1-18(2,3)11-5-6-14(24-4)13(9-11)20-15(22)12-10-19-17-21(16(12)23)7-8-25-17/h5-6,9-10H,7-8H2,1-4H3,(H,20,22). The number of hydrogen-bond donors (Lipinski definition) is 1. The van der Waals surface area contributed by atoms with Crippen molar-refractivity contribution in [2.75, 3.05) is 18.2 Å². The lowest BCUT2D eigenvalue weighted by molar-refractivity contribution is 0.102. The maximum atomic E-state index is 12.6. The van der Waals surface area contributed by atoms with Crippen molar-refractivity contribution >= 4 is 23.4 Å². The largest absolute Gasteiger partial charge is 0.495 e. The highest BCUT2D eigenvalue weighted by atomic mass is 32.2. The molecule has 3 rings (SSSR count). The van der Waals surface area contributed by atoms with Gasteiger partial charge in [0.05, 0.1) is 12.8 Å². The Morgan fingerprint density at radius 2 is 2.12 bits per heavy atom. The van der Waals surface area contributed by atoms with Crippen LogP contribution in [0.4, 0.5) is 5.69 Å². The van der Waals surface area contributed by atoms with E-state index < -0.39 is 5.91 Å². The number of methoxy groups -OCH3 is 1. The molecule has 1 N–H and O–H groups in total. The van der Waals surface area contributed by atoms with Gasteiger partial charge in [-0.05, 0) is 23.1 Å². The molecule has 0 fully saturated rings. The van der Waals surface area contributed by atoms with E-state index in [0.29, 0.717) is 23.1 Å².